The predicted molar refractivity (Wildman–Crippen MR) is 88.7 cm³/mol. The summed E-state index contributed by atoms with van der Waals surface area (Å²) in [5.41, 5.74) is 0.531. The molecule has 0 aliphatic carbocycles. The van der Waals surface area contributed by atoms with Crippen LogP contribution in [-0.2, 0) is 0 Å². The van der Waals surface area contributed by atoms with Crippen molar-refractivity contribution in [1.82, 2.24) is 9.88 Å². The molecule has 0 saturated heterocycles. The fraction of sp³-hybridized carbons (Fsp3) is 0.647. The first-order chi connectivity index (χ1) is 10.2. The molecule has 1 aromatic rings. The van der Waals surface area contributed by atoms with Crippen LogP contribution in [0.15, 0.2) is 18.2 Å². The van der Waals surface area contributed by atoms with Crippen LogP contribution in [0.5, 0.6) is 0 Å². The number of anilines is 1. The van der Waals surface area contributed by atoms with Crippen LogP contribution in [0.3, 0.4) is 0 Å². The summed E-state index contributed by atoms with van der Waals surface area (Å²) in [5.74, 6) is 1.38. The molecule has 0 spiro atoms. The van der Waals surface area contributed by atoms with Gasteiger partial charge in [-0.25, -0.2) is 4.98 Å². The molecule has 1 rings (SSSR count). The zero-order chi connectivity index (χ0) is 15.7. The van der Waals surface area contributed by atoms with Crippen molar-refractivity contribution in [2.24, 2.45) is 5.92 Å². The first-order valence-electron chi connectivity index (χ1n) is 8.16. The van der Waals surface area contributed by atoms with E-state index in [1.807, 2.05) is 24.0 Å². The van der Waals surface area contributed by atoms with Gasteiger partial charge in [-0.1, -0.05) is 39.7 Å². The highest BCUT2D eigenvalue weighted by atomic mass is 16.2. The molecule has 0 fully saturated rings. The zero-order valence-corrected chi connectivity index (χ0v) is 13.9. The topological polar surface area (TPSA) is 45.2 Å². The van der Waals surface area contributed by atoms with Gasteiger partial charge in [-0.05, 0) is 31.4 Å². The molecular weight excluding hydrogens is 262 g/mol. The summed E-state index contributed by atoms with van der Waals surface area (Å²) in [6, 6.07) is 5.60. The van der Waals surface area contributed by atoms with Crippen molar-refractivity contribution in [3.05, 3.63) is 23.9 Å². The van der Waals surface area contributed by atoms with Crippen molar-refractivity contribution in [3.8, 4) is 0 Å². The minimum atomic E-state index is 0.0320. The lowest BCUT2D eigenvalue weighted by molar-refractivity contribution is 0.0729. The number of carbonyl (C=O) groups excluding carboxylic acids is 1. The Morgan fingerprint density at radius 3 is 2.52 bits per heavy atom. The number of pyridine rings is 1. The average Bonchev–Trinajstić information content (AvgIpc) is 2.54. The van der Waals surface area contributed by atoms with Gasteiger partial charge >= 0.3 is 0 Å². The molecule has 0 aliphatic heterocycles. The van der Waals surface area contributed by atoms with Gasteiger partial charge in [0.2, 0.25) is 0 Å². The molecule has 118 valence electrons. The minimum absolute atomic E-state index is 0.0320. The van der Waals surface area contributed by atoms with E-state index in [9.17, 15) is 4.79 Å². The van der Waals surface area contributed by atoms with Gasteiger partial charge in [0.1, 0.15) is 11.5 Å². The second-order valence-corrected chi connectivity index (χ2v) is 5.36. The van der Waals surface area contributed by atoms with Gasteiger partial charge in [-0.3, -0.25) is 4.79 Å². The summed E-state index contributed by atoms with van der Waals surface area (Å²) in [6.07, 6.45) is 3.24. The van der Waals surface area contributed by atoms with Crippen LogP contribution in [-0.4, -0.2) is 35.4 Å². The van der Waals surface area contributed by atoms with E-state index in [0.29, 0.717) is 11.6 Å². The maximum Gasteiger partial charge on any atom is 0.272 e. The van der Waals surface area contributed by atoms with E-state index in [2.05, 4.69) is 31.1 Å². The summed E-state index contributed by atoms with van der Waals surface area (Å²) in [7, 11) is 0. The summed E-state index contributed by atoms with van der Waals surface area (Å²) < 4.78 is 0. The maximum absolute atomic E-state index is 12.6. The molecule has 0 atom stereocenters. The molecule has 0 aliphatic rings. The lowest BCUT2D eigenvalue weighted by Gasteiger charge is -2.25. The number of aromatic nitrogens is 1. The average molecular weight is 291 g/mol. The van der Waals surface area contributed by atoms with E-state index in [-0.39, 0.29) is 5.91 Å². The van der Waals surface area contributed by atoms with Gasteiger partial charge in [-0.15, -0.1) is 0 Å². The van der Waals surface area contributed by atoms with Gasteiger partial charge in [0.25, 0.3) is 5.91 Å². The van der Waals surface area contributed by atoms with Crippen molar-refractivity contribution in [2.75, 3.05) is 25.0 Å². The van der Waals surface area contributed by atoms with Gasteiger partial charge < -0.3 is 10.2 Å². The Kier molecular flexibility index (Phi) is 7.80. The summed E-state index contributed by atoms with van der Waals surface area (Å²) >= 11 is 0. The third-order valence-electron chi connectivity index (χ3n) is 3.83. The van der Waals surface area contributed by atoms with Crippen LogP contribution in [0.1, 0.15) is 57.4 Å². The molecule has 4 nitrogen and oxygen atoms in total. The van der Waals surface area contributed by atoms with Gasteiger partial charge in [0, 0.05) is 19.6 Å². The monoisotopic (exact) mass is 291 g/mol. The standard InChI is InChI=1S/C17H29N3O/c1-5-12-18-16-11-9-10-15(19-16)17(21)20(8-4)13-14(6-2)7-3/h9-11,14H,5-8,12-13H2,1-4H3,(H,18,19). The van der Waals surface area contributed by atoms with Gasteiger partial charge in [0.15, 0.2) is 0 Å². The van der Waals surface area contributed by atoms with Crippen LogP contribution >= 0.6 is 0 Å². The highest BCUT2D eigenvalue weighted by Crippen LogP contribution is 2.13. The van der Waals surface area contributed by atoms with Crippen molar-refractivity contribution in [2.45, 2.75) is 47.0 Å². The Balaban J connectivity index is 2.79. The molecule has 1 amide bonds. The van der Waals surface area contributed by atoms with E-state index in [4.69, 9.17) is 0 Å². The molecule has 21 heavy (non-hydrogen) atoms. The Morgan fingerprint density at radius 2 is 1.95 bits per heavy atom. The molecule has 0 saturated carbocycles. The zero-order valence-electron chi connectivity index (χ0n) is 13.9. The minimum Gasteiger partial charge on any atom is -0.370 e. The van der Waals surface area contributed by atoms with E-state index < -0.39 is 0 Å². The second-order valence-electron chi connectivity index (χ2n) is 5.36. The molecule has 0 bridgehead atoms. The fourth-order valence-corrected chi connectivity index (χ4v) is 2.28. The molecular formula is C17H29N3O. The van der Waals surface area contributed by atoms with Crippen molar-refractivity contribution in [3.63, 3.8) is 0 Å². The summed E-state index contributed by atoms with van der Waals surface area (Å²) in [6.45, 7) is 10.9. The molecule has 1 aromatic heterocycles. The molecule has 4 heteroatoms. The van der Waals surface area contributed by atoms with Crippen LogP contribution in [0.2, 0.25) is 0 Å². The lowest BCUT2D eigenvalue weighted by atomic mass is 10.0. The summed E-state index contributed by atoms with van der Waals surface area (Å²) in [5, 5.41) is 3.23. The first-order valence-corrected chi connectivity index (χ1v) is 8.16. The molecule has 0 unspecified atom stereocenters. The molecule has 1 heterocycles. The van der Waals surface area contributed by atoms with E-state index in [1.54, 1.807) is 6.07 Å². The Labute approximate surface area is 129 Å². The number of hydrogen-bond acceptors (Lipinski definition) is 3. The summed E-state index contributed by atoms with van der Waals surface area (Å²) in [4.78, 5) is 18.9. The SMILES string of the molecule is CCCNc1cccc(C(=O)N(CC)CC(CC)CC)n1. The molecule has 0 aromatic carbocycles. The second kappa shape index (κ2) is 9.37. The van der Waals surface area contributed by atoms with Crippen molar-refractivity contribution in [1.29, 1.82) is 0 Å². The Hall–Kier alpha value is -1.58. The number of nitrogens with zero attached hydrogens (tertiary/aromatic N) is 2. The molecule has 0 radical (unpaired) electrons. The van der Waals surface area contributed by atoms with Crippen molar-refractivity contribution < 1.29 is 4.79 Å². The first kappa shape index (κ1) is 17.5. The number of amides is 1. The largest absolute Gasteiger partial charge is 0.370 e. The maximum atomic E-state index is 12.6. The predicted octanol–water partition coefficient (Wildman–Crippen LogP) is 3.80. The van der Waals surface area contributed by atoms with E-state index in [1.165, 1.54) is 0 Å². The van der Waals surface area contributed by atoms with Crippen LogP contribution in [0.25, 0.3) is 0 Å². The van der Waals surface area contributed by atoms with Gasteiger partial charge in [0.05, 0.1) is 0 Å². The van der Waals surface area contributed by atoms with Crippen LogP contribution in [0.4, 0.5) is 5.82 Å². The van der Waals surface area contributed by atoms with E-state index in [0.717, 1.165) is 44.7 Å². The van der Waals surface area contributed by atoms with Gasteiger partial charge in [-0.2, -0.15) is 0 Å². The molecule has 1 N–H and O–H groups in total. The number of nitrogens with one attached hydrogen (secondary N) is 1. The van der Waals surface area contributed by atoms with Crippen LogP contribution in [0, 0.1) is 5.92 Å². The number of carbonyl (C=O) groups is 1. The van der Waals surface area contributed by atoms with Crippen LogP contribution < -0.4 is 5.32 Å². The smallest absolute Gasteiger partial charge is 0.272 e. The van der Waals surface area contributed by atoms with E-state index >= 15 is 0 Å². The lowest BCUT2D eigenvalue weighted by Crippen LogP contribution is -2.35. The Bertz CT molecular complexity index is 430. The third-order valence-corrected chi connectivity index (χ3v) is 3.83. The Morgan fingerprint density at radius 1 is 1.24 bits per heavy atom. The highest BCUT2D eigenvalue weighted by Gasteiger charge is 2.18. The van der Waals surface area contributed by atoms with Crippen molar-refractivity contribution >= 4 is 11.7 Å². The highest BCUT2D eigenvalue weighted by molar-refractivity contribution is 5.92. The third kappa shape index (κ3) is 5.37. The normalized spacial score (nSPS) is 10.7. The quantitative estimate of drug-likeness (QED) is 0.752. The number of rotatable bonds is 9. The fourth-order valence-electron chi connectivity index (χ4n) is 2.28. The number of hydrogen-bond donors (Lipinski definition) is 1.